The minimum Gasteiger partial charge on any atom is -0.323 e. The number of fused-ring (bicyclic) bond motifs is 1. The third-order valence-corrected chi connectivity index (χ3v) is 3.85. The number of nitriles is 1. The van der Waals surface area contributed by atoms with E-state index in [0.717, 1.165) is 22.3 Å². The average molecular weight is 306 g/mol. The van der Waals surface area contributed by atoms with Crippen LogP contribution in [0.25, 0.3) is 16.6 Å². The number of amidine groups is 1. The predicted molar refractivity (Wildman–Crippen MR) is 92.2 cm³/mol. The van der Waals surface area contributed by atoms with Crippen molar-refractivity contribution in [3.63, 3.8) is 0 Å². The van der Waals surface area contributed by atoms with E-state index in [0.29, 0.717) is 5.17 Å². The van der Waals surface area contributed by atoms with Gasteiger partial charge in [0.2, 0.25) is 0 Å². The maximum atomic E-state index is 8.70. The third kappa shape index (κ3) is 2.97. The first-order chi connectivity index (χ1) is 10.8. The predicted octanol–water partition coefficient (Wildman–Crippen LogP) is 4.03. The van der Waals surface area contributed by atoms with Crippen LogP contribution in [0.1, 0.15) is 0 Å². The van der Waals surface area contributed by atoms with Gasteiger partial charge in [-0.3, -0.25) is 5.32 Å². The molecule has 2 heterocycles. The molecule has 22 heavy (non-hydrogen) atoms. The number of benzene rings is 1. The summed E-state index contributed by atoms with van der Waals surface area (Å²) in [5.74, 6) is 0. The van der Waals surface area contributed by atoms with Crippen LogP contribution in [0.5, 0.6) is 0 Å². The number of thioether (sulfide) groups is 1. The van der Waals surface area contributed by atoms with Crippen molar-refractivity contribution in [2.45, 2.75) is 0 Å². The van der Waals surface area contributed by atoms with Gasteiger partial charge in [-0.05, 0) is 42.2 Å². The molecule has 3 aromatic rings. The quantitative estimate of drug-likeness (QED) is 0.336. The molecule has 4 nitrogen and oxygen atoms in total. The molecule has 108 valence electrons. The Morgan fingerprint density at radius 2 is 2.09 bits per heavy atom. The molecule has 0 aliphatic heterocycles. The van der Waals surface area contributed by atoms with Gasteiger partial charge in [-0.25, -0.2) is 4.99 Å². The number of rotatable bonds is 2. The van der Waals surface area contributed by atoms with Gasteiger partial charge in [0, 0.05) is 23.5 Å². The lowest BCUT2D eigenvalue weighted by Crippen LogP contribution is -2.12. The highest BCUT2D eigenvalue weighted by atomic mass is 32.2. The van der Waals surface area contributed by atoms with Crippen LogP contribution in [0.15, 0.2) is 65.9 Å². The molecule has 0 aliphatic rings. The monoisotopic (exact) mass is 306 g/mol. The first-order valence-corrected chi connectivity index (χ1v) is 7.97. The van der Waals surface area contributed by atoms with Crippen molar-refractivity contribution in [1.29, 1.82) is 5.26 Å². The van der Waals surface area contributed by atoms with E-state index in [1.54, 1.807) is 0 Å². The Balaban J connectivity index is 1.99. The van der Waals surface area contributed by atoms with Crippen LogP contribution in [0.3, 0.4) is 0 Å². The Morgan fingerprint density at radius 3 is 2.86 bits per heavy atom. The van der Waals surface area contributed by atoms with Crippen molar-refractivity contribution in [2.75, 3.05) is 6.26 Å². The third-order valence-electron chi connectivity index (χ3n) is 3.27. The van der Waals surface area contributed by atoms with Crippen LogP contribution in [-0.2, 0) is 0 Å². The second-order valence-electron chi connectivity index (χ2n) is 4.67. The molecule has 0 atom stereocenters. The van der Waals surface area contributed by atoms with Crippen LogP contribution >= 0.6 is 11.8 Å². The second kappa shape index (κ2) is 6.37. The maximum absolute atomic E-state index is 8.70. The van der Waals surface area contributed by atoms with Crippen molar-refractivity contribution >= 4 is 28.1 Å². The van der Waals surface area contributed by atoms with Crippen molar-refractivity contribution in [3.05, 3.63) is 60.9 Å². The minimum atomic E-state index is 0.585. The van der Waals surface area contributed by atoms with Crippen molar-refractivity contribution in [2.24, 2.45) is 4.99 Å². The highest BCUT2D eigenvalue weighted by Gasteiger charge is 2.03. The summed E-state index contributed by atoms with van der Waals surface area (Å²) in [6.45, 7) is 0. The zero-order chi connectivity index (χ0) is 15.4. The summed E-state index contributed by atoms with van der Waals surface area (Å²) >= 11 is 1.41. The largest absolute Gasteiger partial charge is 0.323 e. The Morgan fingerprint density at radius 1 is 1.18 bits per heavy atom. The lowest BCUT2D eigenvalue weighted by Gasteiger charge is -2.02. The minimum absolute atomic E-state index is 0.585. The molecule has 0 bridgehead atoms. The fourth-order valence-corrected chi connectivity index (χ4v) is 2.60. The molecule has 1 N–H and O–H groups in total. The molecule has 0 fully saturated rings. The van der Waals surface area contributed by atoms with Crippen molar-refractivity contribution < 1.29 is 0 Å². The van der Waals surface area contributed by atoms with Crippen LogP contribution in [0.4, 0.5) is 5.69 Å². The Labute approximate surface area is 133 Å². The van der Waals surface area contributed by atoms with Gasteiger partial charge < -0.3 is 4.40 Å². The van der Waals surface area contributed by atoms with Gasteiger partial charge in [0.25, 0.3) is 0 Å². The molecule has 0 saturated heterocycles. The van der Waals surface area contributed by atoms with Gasteiger partial charge in [0.1, 0.15) is 0 Å². The first-order valence-electron chi connectivity index (χ1n) is 6.75. The fourth-order valence-electron chi connectivity index (χ4n) is 2.26. The average Bonchev–Trinajstić information content (AvgIpc) is 2.99. The summed E-state index contributed by atoms with van der Waals surface area (Å²) in [5.41, 5.74) is 4.21. The van der Waals surface area contributed by atoms with E-state index in [-0.39, 0.29) is 0 Å². The van der Waals surface area contributed by atoms with Crippen LogP contribution in [-0.4, -0.2) is 15.8 Å². The molecule has 2 aromatic heterocycles. The number of nitrogens with one attached hydrogen (secondary N) is 1. The summed E-state index contributed by atoms with van der Waals surface area (Å²) in [6.07, 6.45) is 7.91. The van der Waals surface area contributed by atoms with Gasteiger partial charge in [0.15, 0.2) is 11.4 Å². The summed E-state index contributed by atoms with van der Waals surface area (Å²) in [4.78, 5) is 4.45. The van der Waals surface area contributed by atoms with Crippen molar-refractivity contribution in [3.8, 4) is 17.3 Å². The van der Waals surface area contributed by atoms with E-state index >= 15 is 0 Å². The van der Waals surface area contributed by atoms with Crippen molar-refractivity contribution in [1.82, 2.24) is 9.72 Å². The van der Waals surface area contributed by atoms with E-state index in [2.05, 4.69) is 39.1 Å². The summed E-state index contributed by atoms with van der Waals surface area (Å²) in [7, 11) is 0. The Kier molecular flexibility index (Phi) is 4.12. The second-order valence-corrected chi connectivity index (χ2v) is 5.46. The van der Waals surface area contributed by atoms with Crippen LogP contribution in [0.2, 0.25) is 0 Å². The van der Waals surface area contributed by atoms with Gasteiger partial charge in [-0.1, -0.05) is 30.0 Å². The fraction of sp³-hybridized carbons (Fsp3) is 0.0588. The SMILES string of the molecule is CSC(=Nc1cccc(-c2cc3ccccn3c2)c1)NC#N. The summed E-state index contributed by atoms with van der Waals surface area (Å²) in [6, 6.07) is 16.2. The molecule has 0 saturated carbocycles. The van der Waals surface area contributed by atoms with E-state index in [4.69, 9.17) is 5.26 Å². The maximum Gasteiger partial charge on any atom is 0.183 e. The summed E-state index contributed by atoms with van der Waals surface area (Å²) < 4.78 is 2.09. The Hall–Kier alpha value is -2.71. The summed E-state index contributed by atoms with van der Waals surface area (Å²) in [5, 5.41) is 11.9. The zero-order valence-electron chi connectivity index (χ0n) is 12.0. The molecule has 0 spiro atoms. The van der Waals surface area contributed by atoms with E-state index in [9.17, 15) is 0 Å². The number of pyridine rings is 1. The van der Waals surface area contributed by atoms with Gasteiger partial charge >= 0.3 is 0 Å². The first kappa shape index (κ1) is 14.2. The molecule has 0 amide bonds. The molecule has 0 unspecified atom stereocenters. The van der Waals surface area contributed by atoms with E-state index < -0.39 is 0 Å². The molecule has 0 aliphatic carbocycles. The van der Waals surface area contributed by atoms with Gasteiger partial charge in [-0.15, -0.1) is 0 Å². The zero-order valence-corrected chi connectivity index (χ0v) is 12.8. The number of aromatic nitrogens is 1. The van der Waals surface area contributed by atoms with Gasteiger partial charge in [0.05, 0.1) is 5.69 Å². The molecule has 5 heteroatoms. The van der Waals surface area contributed by atoms with Crippen LogP contribution < -0.4 is 5.32 Å². The number of aliphatic imine (C=N–C) groups is 1. The lowest BCUT2D eigenvalue weighted by molar-refractivity contribution is 1.20. The molecular formula is C17H14N4S. The number of nitrogens with zero attached hydrogens (tertiary/aromatic N) is 3. The number of hydrogen-bond donors (Lipinski definition) is 1. The van der Waals surface area contributed by atoms with Gasteiger partial charge in [-0.2, -0.15) is 5.26 Å². The standard InChI is InChI=1S/C17H14N4S/c1-22-17(19-12-18)20-15-6-4-5-13(9-15)14-10-16-7-2-3-8-21(16)11-14/h2-11H,1H3,(H,19,20). The normalized spacial score (nSPS) is 11.4. The topological polar surface area (TPSA) is 52.6 Å². The highest BCUT2D eigenvalue weighted by molar-refractivity contribution is 8.13. The Bertz CT molecular complexity index is 840. The highest BCUT2D eigenvalue weighted by Crippen LogP contribution is 2.26. The lowest BCUT2D eigenvalue weighted by atomic mass is 10.1. The van der Waals surface area contributed by atoms with Crippen LogP contribution in [0, 0.1) is 11.5 Å². The molecule has 1 aromatic carbocycles. The van der Waals surface area contributed by atoms with E-state index in [1.165, 1.54) is 11.8 Å². The molecular weight excluding hydrogens is 292 g/mol. The molecule has 0 radical (unpaired) electrons. The molecule has 3 rings (SSSR count). The van der Waals surface area contributed by atoms with E-state index in [1.807, 2.05) is 49.0 Å². The number of hydrogen-bond acceptors (Lipinski definition) is 3. The smallest absolute Gasteiger partial charge is 0.183 e.